The number of non-ortho nitro benzene ring substituents is 1. The van der Waals surface area contributed by atoms with E-state index in [2.05, 4.69) is 16.2 Å². The SMILES string of the molecule is C#CCC(Nc1ccc([N+](=O)[O-])c2cccnc12)C(=O)O. The first-order valence-corrected chi connectivity index (χ1v) is 5.99. The van der Waals surface area contributed by atoms with E-state index in [-0.39, 0.29) is 12.1 Å². The molecule has 0 aliphatic carbocycles. The molecule has 106 valence electrons. The number of nitrogens with one attached hydrogen (secondary N) is 1. The number of aromatic nitrogens is 1. The number of nitrogens with zero attached hydrogens (tertiary/aromatic N) is 2. The summed E-state index contributed by atoms with van der Waals surface area (Å²) in [5, 5.41) is 23.2. The van der Waals surface area contributed by atoms with Gasteiger partial charge in [-0.1, -0.05) is 0 Å². The van der Waals surface area contributed by atoms with Crippen LogP contribution in [0.2, 0.25) is 0 Å². The van der Waals surface area contributed by atoms with Crippen LogP contribution in [0, 0.1) is 22.5 Å². The average Bonchev–Trinajstić information content (AvgIpc) is 2.46. The molecular formula is C14H11N3O4. The topological polar surface area (TPSA) is 105 Å². The van der Waals surface area contributed by atoms with Crippen molar-refractivity contribution < 1.29 is 14.8 Å². The summed E-state index contributed by atoms with van der Waals surface area (Å²) in [5.74, 6) is 1.17. The number of fused-ring (bicyclic) bond motifs is 1. The van der Waals surface area contributed by atoms with Crippen molar-refractivity contribution in [1.82, 2.24) is 4.98 Å². The number of carboxylic acids is 1. The quantitative estimate of drug-likeness (QED) is 0.494. The predicted octanol–water partition coefficient (Wildman–Crippen LogP) is 2.03. The van der Waals surface area contributed by atoms with E-state index in [0.717, 1.165) is 0 Å². The lowest BCUT2D eigenvalue weighted by atomic mass is 10.1. The molecule has 2 rings (SSSR count). The third-order valence-corrected chi connectivity index (χ3v) is 2.89. The lowest BCUT2D eigenvalue weighted by molar-refractivity contribution is -0.383. The maximum Gasteiger partial charge on any atom is 0.327 e. The smallest absolute Gasteiger partial charge is 0.327 e. The molecule has 0 fully saturated rings. The summed E-state index contributed by atoms with van der Waals surface area (Å²) in [6.45, 7) is 0. The molecule has 2 N–H and O–H groups in total. The fourth-order valence-corrected chi connectivity index (χ4v) is 1.94. The number of aliphatic carboxylic acids is 1. The lowest BCUT2D eigenvalue weighted by Gasteiger charge is -2.14. The Morgan fingerprint density at radius 3 is 2.90 bits per heavy atom. The van der Waals surface area contributed by atoms with E-state index in [4.69, 9.17) is 11.5 Å². The maximum absolute atomic E-state index is 11.1. The van der Waals surface area contributed by atoms with Gasteiger partial charge in [0.05, 0.1) is 16.0 Å². The minimum Gasteiger partial charge on any atom is -0.480 e. The maximum atomic E-state index is 11.1. The van der Waals surface area contributed by atoms with Gasteiger partial charge in [-0.15, -0.1) is 12.3 Å². The van der Waals surface area contributed by atoms with E-state index in [1.807, 2.05) is 0 Å². The summed E-state index contributed by atoms with van der Waals surface area (Å²) in [4.78, 5) is 25.7. The first-order valence-electron chi connectivity index (χ1n) is 5.99. The molecule has 1 atom stereocenters. The molecule has 0 saturated carbocycles. The van der Waals surface area contributed by atoms with Crippen molar-refractivity contribution in [2.45, 2.75) is 12.5 Å². The van der Waals surface area contributed by atoms with Crippen molar-refractivity contribution >= 4 is 28.2 Å². The summed E-state index contributed by atoms with van der Waals surface area (Å²) in [7, 11) is 0. The van der Waals surface area contributed by atoms with Gasteiger partial charge in [-0.2, -0.15) is 0 Å². The molecule has 0 spiro atoms. The van der Waals surface area contributed by atoms with Crippen LogP contribution in [0.15, 0.2) is 30.5 Å². The van der Waals surface area contributed by atoms with Crippen LogP contribution >= 0.6 is 0 Å². The van der Waals surface area contributed by atoms with Crippen molar-refractivity contribution in [3.8, 4) is 12.3 Å². The molecule has 0 saturated heterocycles. The summed E-state index contributed by atoms with van der Waals surface area (Å²) < 4.78 is 0. The number of hydrogen-bond donors (Lipinski definition) is 2. The molecule has 0 amide bonds. The van der Waals surface area contributed by atoms with Crippen molar-refractivity contribution in [2.75, 3.05) is 5.32 Å². The Balaban J connectivity index is 2.51. The largest absolute Gasteiger partial charge is 0.480 e. The second-order valence-electron chi connectivity index (χ2n) is 4.23. The van der Waals surface area contributed by atoms with Crippen molar-refractivity contribution in [3.63, 3.8) is 0 Å². The number of rotatable bonds is 5. The van der Waals surface area contributed by atoms with Gasteiger partial charge in [0, 0.05) is 18.7 Å². The third kappa shape index (κ3) is 2.90. The molecule has 0 bridgehead atoms. The monoisotopic (exact) mass is 285 g/mol. The first kappa shape index (κ1) is 14.3. The Kier molecular flexibility index (Phi) is 4.00. The molecule has 21 heavy (non-hydrogen) atoms. The van der Waals surface area contributed by atoms with Gasteiger partial charge >= 0.3 is 5.97 Å². The van der Waals surface area contributed by atoms with Gasteiger partial charge in [0.25, 0.3) is 5.69 Å². The van der Waals surface area contributed by atoms with Crippen LogP contribution in [0.5, 0.6) is 0 Å². The molecule has 7 heteroatoms. The Labute approximate surface area is 119 Å². The highest BCUT2D eigenvalue weighted by Crippen LogP contribution is 2.30. The number of carboxylic acid groups (broad SMARTS) is 1. The van der Waals surface area contributed by atoms with E-state index in [9.17, 15) is 14.9 Å². The number of nitro groups is 1. The van der Waals surface area contributed by atoms with E-state index in [1.165, 1.54) is 18.3 Å². The minimum atomic E-state index is -1.10. The molecule has 1 aromatic heterocycles. The highest BCUT2D eigenvalue weighted by molar-refractivity contribution is 5.97. The fourth-order valence-electron chi connectivity index (χ4n) is 1.94. The summed E-state index contributed by atoms with van der Waals surface area (Å²) in [5.41, 5.74) is 0.626. The van der Waals surface area contributed by atoms with Crippen molar-refractivity contribution in [3.05, 3.63) is 40.6 Å². The lowest BCUT2D eigenvalue weighted by Crippen LogP contribution is -2.28. The number of terminal acetylenes is 1. The summed E-state index contributed by atoms with van der Waals surface area (Å²) >= 11 is 0. The van der Waals surface area contributed by atoms with E-state index in [1.54, 1.807) is 12.1 Å². The van der Waals surface area contributed by atoms with Gasteiger partial charge in [-0.25, -0.2) is 4.79 Å². The van der Waals surface area contributed by atoms with Crippen LogP contribution in [-0.4, -0.2) is 27.0 Å². The first-order chi connectivity index (χ1) is 10.0. The van der Waals surface area contributed by atoms with Crippen LogP contribution in [0.4, 0.5) is 11.4 Å². The van der Waals surface area contributed by atoms with Gasteiger partial charge in [0.2, 0.25) is 0 Å². The second-order valence-corrected chi connectivity index (χ2v) is 4.23. The molecular weight excluding hydrogens is 274 g/mol. The Morgan fingerprint density at radius 1 is 1.52 bits per heavy atom. The van der Waals surface area contributed by atoms with Gasteiger partial charge in [0.1, 0.15) is 11.6 Å². The number of anilines is 1. The fraction of sp³-hybridized carbons (Fsp3) is 0.143. The Hall–Kier alpha value is -3.14. The van der Waals surface area contributed by atoms with Crippen LogP contribution in [0.25, 0.3) is 10.9 Å². The van der Waals surface area contributed by atoms with Gasteiger partial charge in [-0.05, 0) is 18.2 Å². The average molecular weight is 285 g/mol. The highest BCUT2D eigenvalue weighted by atomic mass is 16.6. The summed E-state index contributed by atoms with van der Waals surface area (Å²) in [6.07, 6.45) is 6.61. The molecule has 1 heterocycles. The molecule has 1 unspecified atom stereocenters. The Morgan fingerprint density at radius 2 is 2.29 bits per heavy atom. The Bertz CT molecular complexity index is 751. The number of pyridine rings is 1. The van der Waals surface area contributed by atoms with Crippen LogP contribution < -0.4 is 5.32 Å². The van der Waals surface area contributed by atoms with Gasteiger partial charge in [0.15, 0.2) is 0 Å². The molecule has 0 aliphatic rings. The number of nitro benzene ring substituents is 1. The normalized spacial score (nSPS) is 11.6. The number of benzene rings is 1. The molecule has 2 aromatic rings. The van der Waals surface area contributed by atoms with E-state index >= 15 is 0 Å². The molecule has 0 aliphatic heterocycles. The number of hydrogen-bond acceptors (Lipinski definition) is 5. The zero-order valence-electron chi connectivity index (χ0n) is 10.8. The van der Waals surface area contributed by atoms with E-state index in [0.29, 0.717) is 16.6 Å². The zero-order chi connectivity index (χ0) is 15.4. The van der Waals surface area contributed by atoms with Crippen molar-refractivity contribution in [1.29, 1.82) is 0 Å². The number of carbonyl (C=O) groups is 1. The van der Waals surface area contributed by atoms with Crippen LogP contribution in [0.3, 0.4) is 0 Å². The highest BCUT2D eigenvalue weighted by Gasteiger charge is 2.20. The molecule has 1 aromatic carbocycles. The van der Waals surface area contributed by atoms with Crippen LogP contribution in [0.1, 0.15) is 6.42 Å². The van der Waals surface area contributed by atoms with E-state index < -0.39 is 16.9 Å². The predicted molar refractivity (Wildman–Crippen MR) is 76.9 cm³/mol. The standard InChI is InChI=1S/C14H11N3O4/c1-2-4-11(14(18)19)16-10-6-7-12(17(20)21)9-5-3-8-15-13(9)10/h1,3,5-8,11,16H,4H2,(H,18,19). The van der Waals surface area contributed by atoms with Crippen molar-refractivity contribution in [2.24, 2.45) is 0 Å². The minimum absolute atomic E-state index is 0.0132. The summed E-state index contributed by atoms with van der Waals surface area (Å²) in [6, 6.07) is 4.89. The van der Waals surface area contributed by atoms with Gasteiger partial charge in [-0.3, -0.25) is 15.1 Å². The second kappa shape index (κ2) is 5.88. The van der Waals surface area contributed by atoms with Gasteiger partial charge < -0.3 is 10.4 Å². The molecule has 0 radical (unpaired) electrons. The van der Waals surface area contributed by atoms with Crippen LogP contribution in [-0.2, 0) is 4.79 Å². The zero-order valence-corrected chi connectivity index (χ0v) is 10.8. The molecule has 7 nitrogen and oxygen atoms in total. The third-order valence-electron chi connectivity index (χ3n) is 2.89.